The van der Waals surface area contributed by atoms with Crippen LogP contribution in [0, 0.1) is 28.6 Å². The van der Waals surface area contributed by atoms with Gasteiger partial charge in [0, 0.05) is 24.7 Å². The van der Waals surface area contributed by atoms with Crippen LogP contribution in [0.2, 0.25) is 0 Å². The number of hydrogen-bond acceptors (Lipinski definition) is 8. The fraction of sp³-hybridized carbons (Fsp3) is 0.733. The number of amides is 1. The van der Waals surface area contributed by atoms with Crippen LogP contribution in [0.25, 0.3) is 0 Å². The Hall–Kier alpha value is -3.08. The maximum atomic E-state index is 13.3. The predicted octanol–water partition coefficient (Wildman–Crippen LogP) is 2.58. The summed E-state index contributed by atoms with van der Waals surface area (Å²) >= 11 is 0. The van der Waals surface area contributed by atoms with Gasteiger partial charge in [-0.3, -0.25) is 24.0 Å². The smallest absolute Gasteiger partial charge is 0.326 e. The van der Waals surface area contributed by atoms with Crippen molar-refractivity contribution in [2.75, 3.05) is 6.61 Å². The molecule has 4 aliphatic rings. The largest absolute Gasteiger partial charge is 0.481 e. The van der Waals surface area contributed by atoms with Crippen LogP contribution in [-0.2, 0) is 33.5 Å². The first-order chi connectivity index (χ1) is 19.2. The van der Waals surface area contributed by atoms with Crippen molar-refractivity contribution < 1.29 is 48.8 Å². The number of aliphatic carboxylic acids is 2. The van der Waals surface area contributed by atoms with Gasteiger partial charge in [-0.1, -0.05) is 19.4 Å². The van der Waals surface area contributed by atoms with Crippen LogP contribution in [0.4, 0.5) is 0 Å². The van der Waals surface area contributed by atoms with Crippen LogP contribution in [0.5, 0.6) is 0 Å². The fourth-order valence-corrected chi connectivity index (χ4v) is 8.38. The summed E-state index contributed by atoms with van der Waals surface area (Å²) in [5.74, 6) is -3.62. The molecule has 0 heterocycles. The van der Waals surface area contributed by atoms with Crippen LogP contribution in [0.3, 0.4) is 0 Å². The zero-order valence-electron chi connectivity index (χ0n) is 23.8. The second kappa shape index (κ2) is 11.7. The SMILES string of the molecule is C[C@]12CCC(=O)C=C1CCC1C2CC[C@@]2(C)C1CC[C@]2(O)C(=O)COC(=O)CCC(=O)NC(CCC(=O)O)C(=O)O. The second-order valence-electron chi connectivity index (χ2n) is 12.8. The van der Waals surface area contributed by atoms with E-state index in [0.717, 1.165) is 25.7 Å². The molecule has 0 radical (unpaired) electrons. The predicted molar refractivity (Wildman–Crippen MR) is 143 cm³/mol. The number of hydrogen-bond donors (Lipinski definition) is 4. The molecule has 3 fully saturated rings. The van der Waals surface area contributed by atoms with Crippen molar-refractivity contribution in [3.05, 3.63) is 11.6 Å². The number of carbonyl (C=O) groups is 6. The molecule has 4 rings (SSSR count). The Labute approximate surface area is 239 Å². The minimum Gasteiger partial charge on any atom is -0.481 e. The quantitative estimate of drug-likeness (QED) is 0.267. The molecule has 0 bridgehead atoms. The maximum Gasteiger partial charge on any atom is 0.326 e. The van der Waals surface area contributed by atoms with Crippen LogP contribution in [0.15, 0.2) is 11.6 Å². The summed E-state index contributed by atoms with van der Waals surface area (Å²) in [5.41, 5.74) is -1.05. The second-order valence-corrected chi connectivity index (χ2v) is 12.8. The Morgan fingerprint density at radius 1 is 0.976 bits per heavy atom. The van der Waals surface area contributed by atoms with Crippen LogP contribution in [-0.4, -0.2) is 69.0 Å². The van der Waals surface area contributed by atoms with Crippen molar-refractivity contribution in [1.29, 1.82) is 0 Å². The Kier molecular flexibility index (Phi) is 8.78. The van der Waals surface area contributed by atoms with Crippen molar-refractivity contribution in [2.45, 2.75) is 103 Å². The van der Waals surface area contributed by atoms with E-state index < -0.39 is 72.5 Å². The topological polar surface area (TPSA) is 184 Å². The molecule has 1 amide bonds. The van der Waals surface area contributed by atoms with Crippen molar-refractivity contribution in [1.82, 2.24) is 5.32 Å². The summed E-state index contributed by atoms with van der Waals surface area (Å²) in [4.78, 5) is 71.7. The summed E-state index contributed by atoms with van der Waals surface area (Å²) in [6, 6.07) is -1.40. The number of carboxylic acids is 2. The number of carbonyl (C=O) groups excluding carboxylic acids is 4. The number of aliphatic hydroxyl groups is 1. The molecule has 226 valence electrons. The minimum absolute atomic E-state index is 0.0224. The average molecular weight is 576 g/mol. The number of allylic oxidation sites excluding steroid dienone is 1. The van der Waals surface area contributed by atoms with Gasteiger partial charge in [0.2, 0.25) is 11.7 Å². The molecular weight excluding hydrogens is 534 g/mol. The van der Waals surface area contributed by atoms with Crippen molar-refractivity contribution in [3.63, 3.8) is 0 Å². The first kappa shape index (κ1) is 30.9. The molecule has 11 nitrogen and oxygen atoms in total. The molecule has 4 aliphatic carbocycles. The molecule has 3 saturated carbocycles. The molecule has 0 saturated heterocycles. The zero-order chi connectivity index (χ0) is 30.2. The Bertz CT molecular complexity index is 1160. The van der Waals surface area contributed by atoms with Crippen molar-refractivity contribution in [3.8, 4) is 0 Å². The monoisotopic (exact) mass is 575 g/mol. The number of rotatable bonds is 11. The molecule has 0 aromatic heterocycles. The van der Waals surface area contributed by atoms with Gasteiger partial charge in [0.1, 0.15) is 11.6 Å². The van der Waals surface area contributed by atoms with Crippen LogP contribution < -0.4 is 5.32 Å². The Balaban J connectivity index is 1.31. The van der Waals surface area contributed by atoms with Gasteiger partial charge in [0.05, 0.1) is 6.42 Å². The number of nitrogens with one attached hydrogen (secondary N) is 1. The highest BCUT2D eigenvalue weighted by atomic mass is 16.5. The molecular formula is C30H41NO10. The van der Waals surface area contributed by atoms with Gasteiger partial charge in [0.15, 0.2) is 12.4 Å². The van der Waals surface area contributed by atoms with E-state index in [2.05, 4.69) is 12.2 Å². The van der Waals surface area contributed by atoms with E-state index in [-0.39, 0.29) is 23.5 Å². The van der Waals surface area contributed by atoms with Gasteiger partial charge in [-0.15, -0.1) is 0 Å². The number of carboxylic acid groups (broad SMARTS) is 2. The van der Waals surface area contributed by atoms with E-state index in [9.17, 15) is 33.9 Å². The first-order valence-corrected chi connectivity index (χ1v) is 14.6. The lowest BCUT2D eigenvalue weighted by Crippen LogP contribution is -2.58. The number of esters is 1. The Morgan fingerprint density at radius 2 is 1.68 bits per heavy atom. The number of ether oxygens (including phenoxy) is 1. The van der Waals surface area contributed by atoms with Crippen molar-refractivity contribution >= 4 is 35.4 Å². The lowest BCUT2D eigenvalue weighted by molar-refractivity contribution is -0.170. The molecule has 0 aliphatic heterocycles. The van der Waals surface area contributed by atoms with E-state index in [1.807, 2.05) is 13.0 Å². The average Bonchev–Trinajstić information content (AvgIpc) is 3.20. The summed E-state index contributed by atoms with van der Waals surface area (Å²) in [7, 11) is 0. The van der Waals surface area contributed by atoms with Gasteiger partial charge in [-0.25, -0.2) is 4.79 Å². The van der Waals surface area contributed by atoms with E-state index in [1.54, 1.807) is 0 Å². The Morgan fingerprint density at radius 3 is 2.37 bits per heavy atom. The lowest BCUT2D eigenvalue weighted by Gasteiger charge is -2.58. The van der Waals surface area contributed by atoms with Crippen molar-refractivity contribution in [2.24, 2.45) is 28.6 Å². The third-order valence-corrected chi connectivity index (χ3v) is 10.8. The molecule has 7 atom stereocenters. The van der Waals surface area contributed by atoms with Gasteiger partial charge in [0.25, 0.3) is 0 Å². The molecule has 4 N–H and O–H groups in total. The summed E-state index contributed by atoms with van der Waals surface area (Å²) < 4.78 is 5.13. The molecule has 0 aromatic carbocycles. The van der Waals surface area contributed by atoms with E-state index in [0.29, 0.717) is 37.5 Å². The number of ketones is 2. The van der Waals surface area contributed by atoms with Gasteiger partial charge in [-0.2, -0.15) is 0 Å². The molecule has 0 spiro atoms. The molecule has 0 aromatic rings. The van der Waals surface area contributed by atoms with Gasteiger partial charge in [-0.05, 0) is 80.6 Å². The standard InChI is InChI=1S/C30H41NO10/c1-28-12-9-18(32)15-17(28)3-4-19-20(28)10-13-29(2)21(19)11-14-30(29,40)23(33)16-41-26(37)8-6-24(34)31-22(27(38)39)5-7-25(35)36/h15,19-22,40H,3-14,16H2,1-2H3,(H,31,34)(H,35,36)(H,38,39)/t19?,20?,21?,22?,28-,29-,30-/m0/s1. The first-order valence-electron chi connectivity index (χ1n) is 14.6. The zero-order valence-corrected chi connectivity index (χ0v) is 23.8. The number of Topliss-reactive ketones (excluding diaryl/α,β-unsaturated/α-hetero) is 1. The third kappa shape index (κ3) is 5.82. The van der Waals surface area contributed by atoms with Crippen LogP contribution >= 0.6 is 0 Å². The summed E-state index contributed by atoms with van der Waals surface area (Å²) in [6.07, 6.45) is 6.04. The highest BCUT2D eigenvalue weighted by Crippen LogP contribution is 2.67. The molecule has 4 unspecified atom stereocenters. The highest BCUT2D eigenvalue weighted by Gasteiger charge is 2.66. The maximum absolute atomic E-state index is 13.3. The van der Waals surface area contributed by atoms with Gasteiger partial charge >= 0.3 is 17.9 Å². The van der Waals surface area contributed by atoms with E-state index >= 15 is 0 Å². The molecule has 41 heavy (non-hydrogen) atoms. The summed E-state index contributed by atoms with van der Waals surface area (Å²) in [6.45, 7) is 3.64. The summed E-state index contributed by atoms with van der Waals surface area (Å²) in [5, 5.41) is 31.8. The fourth-order valence-electron chi connectivity index (χ4n) is 8.38. The normalized spacial score (nSPS) is 34.8. The van der Waals surface area contributed by atoms with Crippen LogP contribution in [0.1, 0.15) is 90.9 Å². The third-order valence-electron chi connectivity index (χ3n) is 10.8. The van der Waals surface area contributed by atoms with Gasteiger partial charge < -0.3 is 25.4 Å². The highest BCUT2D eigenvalue weighted by molar-refractivity contribution is 5.92. The van der Waals surface area contributed by atoms with E-state index in [4.69, 9.17) is 14.9 Å². The van der Waals surface area contributed by atoms with E-state index in [1.165, 1.54) is 5.57 Å². The lowest BCUT2D eigenvalue weighted by atomic mass is 9.46. The minimum atomic E-state index is -1.63. The molecule has 11 heteroatoms. The number of fused-ring (bicyclic) bond motifs is 5.